The first-order valence-corrected chi connectivity index (χ1v) is 9.56. The highest BCUT2D eigenvalue weighted by Crippen LogP contribution is 2.58. The van der Waals surface area contributed by atoms with Crippen molar-refractivity contribution in [2.24, 2.45) is 17.8 Å². The van der Waals surface area contributed by atoms with E-state index in [0.29, 0.717) is 5.92 Å². The molecule has 0 radical (unpaired) electrons. The molecule has 134 valence electrons. The maximum absolute atomic E-state index is 15.6. The molecule has 2 saturated carbocycles. The van der Waals surface area contributed by atoms with Crippen molar-refractivity contribution < 1.29 is 18.3 Å². The minimum atomic E-state index is -1.74. The molecule has 2 aliphatic carbocycles. The molecule has 3 aliphatic rings. The number of hydrogen-bond acceptors (Lipinski definition) is 2. The van der Waals surface area contributed by atoms with Crippen LogP contribution in [0.5, 0.6) is 0 Å². The van der Waals surface area contributed by atoms with Crippen LogP contribution in [-0.4, -0.2) is 30.3 Å². The van der Waals surface area contributed by atoms with Crippen molar-refractivity contribution in [3.05, 3.63) is 0 Å². The third-order valence-electron chi connectivity index (χ3n) is 6.89. The van der Waals surface area contributed by atoms with E-state index in [9.17, 15) is 4.39 Å². The Hall–Kier alpha value is -0.220. The molecule has 1 saturated heterocycles. The lowest BCUT2D eigenvalue weighted by Gasteiger charge is -2.44. The van der Waals surface area contributed by atoms with Crippen molar-refractivity contribution >= 4 is 0 Å². The molecule has 0 spiro atoms. The van der Waals surface area contributed by atoms with E-state index < -0.39 is 11.3 Å². The molecule has 1 heterocycles. The number of halogens is 2. The first-order valence-electron chi connectivity index (χ1n) is 9.56. The van der Waals surface area contributed by atoms with E-state index in [1.165, 1.54) is 6.92 Å². The third-order valence-corrected chi connectivity index (χ3v) is 6.89. The second kappa shape index (κ2) is 6.59. The van der Waals surface area contributed by atoms with Gasteiger partial charge in [0.1, 0.15) is 11.3 Å². The summed E-state index contributed by atoms with van der Waals surface area (Å²) in [6.07, 6.45) is 6.50. The SMILES string of the molecule is CCC(C)(F)C(F)(CC)C1CC2CC1CC2OC1CCCCO1. The fourth-order valence-corrected chi connectivity index (χ4v) is 5.27. The van der Waals surface area contributed by atoms with Gasteiger partial charge in [-0.3, -0.25) is 0 Å². The van der Waals surface area contributed by atoms with Crippen LogP contribution < -0.4 is 0 Å². The lowest BCUT2D eigenvalue weighted by atomic mass is 9.68. The fraction of sp³-hybridized carbons (Fsp3) is 1.00. The van der Waals surface area contributed by atoms with Crippen LogP contribution in [0, 0.1) is 17.8 Å². The Bertz CT molecular complexity index is 408. The number of hydrogen-bond donors (Lipinski definition) is 0. The molecule has 0 N–H and O–H groups in total. The van der Waals surface area contributed by atoms with Crippen molar-refractivity contribution in [1.29, 1.82) is 0 Å². The Kier molecular flexibility index (Phi) is 5.04. The standard InChI is InChI=1S/C19H32F2O2/c1-4-18(3,20)19(21,5-2)15-11-14-10-13(15)12-16(14)23-17-8-6-7-9-22-17/h13-17H,4-12H2,1-3H3. The van der Waals surface area contributed by atoms with Gasteiger partial charge in [0.15, 0.2) is 6.29 Å². The summed E-state index contributed by atoms with van der Waals surface area (Å²) in [5.74, 6) is 0.490. The van der Waals surface area contributed by atoms with E-state index in [1.807, 2.05) is 0 Å². The number of ether oxygens (including phenoxy) is 2. The van der Waals surface area contributed by atoms with Gasteiger partial charge in [-0.25, -0.2) is 8.78 Å². The van der Waals surface area contributed by atoms with Crippen LogP contribution in [0.1, 0.15) is 72.1 Å². The molecule has 4 heteroatoms. The molecule has 0 amide bonds. The molecule has 7 atom stereocenters. The molecule has 0 aromatic heterocycles. The normalized spacial score (nSPS) is 42.4. The summed E-state index contributed by atoms with van der Waals surface area (Å²) < 4.78 is 42.3. The van der Waals surface area contributed by atoms with E-state index in [1.54, 1.807) is 13.8 Å². The maximum Gasteiger partial charge on any atom is 0.157 e. The second-order valence-electron chi connectivity index (χ2n) is 8.07. The van der Waals surface area contributed by atoms with E-state index in [0.717, 1.165) is 45.1 Å². The van der Waals surface area contributed by atoms with Crippen molar-refractivity contribution in [3.8, 4) is 0 Å². The van der Waals surface area contributed by atoms with Crippen LogP contribution in [0.3, 0.4) is 0 Å². The van der Waals surface area contributed by atoms with Gasteiger partial charge >= 0.3 is 0 Å². The zero-order chi connectivity index (χ0) is 16.7. The molecular formula is C19H32F2O2. The Balaban J connectivity index is 1.63. The highest BCUT2D eigenvalue weighted by molar-refractivity contribution is 5.09. The summed E-state index contributed by atoms with van der Waals surface area (Å²) in [7, 11) is 0. The van der Waals surface area contributed by atoms with E-state index in [-0.39, 0.29) is 37.1 Å². The van der Waals surface area contributed by atoms with Crippen LogP contribution in [0.25, 0.3) is 0 Å². The molecule has 0 aromatic carbocycles. The summed E-state index contributed by atoms with van der Waals surface area (Å²) in [6, 6.07) is 0. The summed E-state index contributed by atoms with van der Waals surface area (Å²) in [6.45, 7) is 5.79. The molecule has 2 nitrogen and oxygen atoms in total. The van der Waals surface area contributed by atoms with Crippen LogP contribution in [0.2, 0.25) is 0 Å². The van der Waals surface area contributed by atoms with Gasteiger partial charge in [0.2, 0.25) is 0 Å². The number of alkyl halides is 2. The van der Waals surface area contributed by atoms with Gasteiger partial charge in [-0.2, -0.15) is 0 Å². The van der Waals surface area contributed by atoms with Gasteiger partial charge in [-0.1, -0.05) is 13.8 Å². The molecule has 3 fully saturated rings. The first kappa shape index (κ1) is 17.6. The second-order valence-corrected chi connectivity index (χ2v) is 8.07. The van der Waals surface area contributed by atoms with E-state index in [2.05, 4.69) is 0 Å². The Labute approximate surface area is 139 Å². The third kappa shape index (κ3) is 3.06. The smallest absolute Gasteiger partial charge is 0.157 e. The van der Waals surface area contributed by atoms with Crippen molar-refractivity contribution in [1.82, 2.24) is 0 Å². The van der Waals surface area contributed by atoms with Crippen LogP contribution in [0.15, 0.2) is 0 Å². The van der Waals surface area contributed by atoms with E-state index >= 15 is 4.39 Å². The molecule has 3 rings (SSSR count). The largest absolute Gasteiger partial charge is 0.353 e. The fourth-order valence-electron chi connectivity index (χ4n) is 5.27. The quantitative estimate of drug-likeness (QED) is 0.666. The lowest BCUT2D eigenvalue weighted by molar-refractivity contribution is -0.202. The lowest BCUT2D eigenvalue weighted by Crippen LogP contribution is -2.52. The molecule has 7 unspecified atom stereocenters. The first-order chi connectivity index (χ1) is 10.9. The Morgan fingerprint density at radius 1 is 1.04 bits per heavy atom. The molecular weight excluding hydrogens is 298 g/mol. The minimum absolute atomic E-state index is 0.0741. The monoisotopic (exact) mass is 330 g/mol. The van der Waals surface area contributed by atoms with Gasteiger partial charge in [0, 0.05) is 6.61 Å². The maximum atomic E-state index is 15.6. The minimum Gasteiger partial charge on any atom is -0.353 e. The Morgan fingerprint density at radius 3 is 2.35 bits per heavy atom. The average Bonchev–Trinajstić information content (AvgIpc) is 3.15. The summed E-state index contributed by atoms with van der Waals surface area (Å²) in [5.41, 5.74) is -3.44. The van der Waals surface area contributed by atoms with Crippen LogP contribution in [-0.2, 0) is 9.47 Å². The van der Waals surface area contributed by atoms with Gasteiger partial charge in [-0.05, 0) is 76.0 Å². The van der Waals surface area contributed by atoms with Gasteiger partial charge in [0.25, 0.3) is 0 Å². The average molecular weight is 330 g/mol. The van der Waals surface area contributed by atoms with Gasteiger partial charge in [-0.15, -0.1) is 0 Å². The summed E-state index contributed by atoms with van der Waals surface area (Å²) >= 11 is 0. The van der Waals surface area contributed by atoms with Gasteiger partial charge in [0.05, 0.1) is 6.10 Å². The van der Waals surface area contributed by atoms with Crippen molar-refractivity contribution in [2.75, 3.05) is 6.61 Å². The highest BCUT2D eigenvalue weighted by atomic mass is 19.2. The molecule has 0 aromatic rings. The topological polar surface area (TPSA) is 18.5 Å². The highest BCUT2D eigenvalue weighted by Gasteiger charge is 2.60. The Morgan fingerprint density at radius 2 is 1.83 bits per heavy atom. The number of fused-ring (bicyclic) bond motifs is 2. The zero-order valence-corrected chi connectivity index (χ0v) is 14.8. The number of rotatable bonds is 6. The van der Waals surface area contributed by atoms with Crippen molar-refractivity contribution in [2.45, 2.75) is 95.9 Å². The summed E-state index contributed by atoms with van der Waals surface area (Å²) in [5, 5.41) is 0. The van der Waals surface area contributed by atoms with Crippen LogP contribution >= 0.6 is 0 Å². The zero-order valence-electron chi connectivity index (χ0n) is 14.8. The molecule has 2 bridgehead atoms. The predicted octanol–water partition coefficient (Wildman–Crippen LogP) is 5.20. The molecule has 23 heavy (non-hydrogen) atoms. The molecule has 1 aliphatic heterocycles. The summed E-state index contributed by atoms with van der Waals surface area (Å²) in [4.78, 5) is 0. The predicted molar refractivity (Wildman–Crippen MR) is 86.7 cm³/mol. The van der Waals surface area contributed by atoms with Crippen molar-refractivity contribution in [3.63, 3.8) is 0 Å². The van der Waals surface area contributed by atoms with Gasteiger partial charge < -0.3 is 9.47 Å². The van der Waals surface area contributed by atoms with E-state index in [4.69, 9.17) is 9.47 Å². The van der Waals surface area contributed by atoms with Crippen LogP contribution in [0.4, 0.5) is 8.78 Å².